The highest BCUT2D eigenvalue weighted by Crippen LogP contribution is 2.24. The molecule has 0 unspecified atom stereocenters. The van der Waals surface area contributed by atoms with Gasteiger partial charge in [0.05, 0.1) is 6.04 Å². The van der Waals surface area contributed by atoms with Gasteiger partial charge in [0.1, 0.15) is 12.4 Å². The summed E-state index contributed by atoms with van der Waals surface area (Å²) in [4.78, 5) is 35.5. The van der Waals surface area contributed by atoms with Gasteiger partial charge in [-0.05, 0) is 18.9 Å². The molecule has 0 saturated heterocycles. The van der Waals surface area contributed by atoms with Crippen LogP contribution in [0.25, 0.3) is 0 Å². The number of hydrogen-bond donors (Lipinski definition) is 3. The molecule has 0 bridgehead atoms. The first-order chi connectivity index (χ1) is 16.4. The maximum Gasteiger partial charge on any atom is 0.412 e. The van der Waals surface area contributed by atoms with Crippen molar-refractivity contribution in [1.82, 2.24) is 15.6 Å². The van der Waals surface area contributed by atoms with E-state index in [2.05, 4.69) is 15.9 Å². The molecule has 35 heavy (non-hydrogen) atoms. The highest BCUT2D eigenvalue weighted by molar-refractivity contribution is 5.83. The number of aliphatic carboxylic acids is 1. The fourth-order valence-electron chi connectivity index (χ4n) is 3.13. The highest BCUT2D eigenvalue weighted by Gasteiger charge is 2.25. The van der Waals surface area contributed by atoms with Crippen molar-refractivity contribution in [3.8, 4) is 0 Å². The number of aromatic nitrogens is 1. The highest BCUT2D eigenvalue weighted by atomic mass is 19.2. The molecule has 0 radical (unpaired) electrons. The van der Waals surface area contributed by atoms with Crippen LogP contribution in [0.1, 0.15) is 58.3 Å². The van der Waals surface area contributed by atoms with E-state index in [1.165, 1.54) is 19.1 Å². The average molecular weight is 497 g/mol. The van der Waals surface area contributed by atoms with Crippen LogP contribution in [0.5, 0.6) is 0 Å². The summed E-state index contributed by atoms with van der Waals surface area (Å²) in [5.41, 5.74) is 2.39. The third-order valence-corrected chi connectivity index (χ3v) is 4.99. The molecule has 0 aliphatic rings. The van der Waals surface area contributed by atoms with Crippen molar-refractivity contribution < 1.29 is 37.5 Å². The standard InChI is InChI=1S/C23H30F2N4O6/c1-14(30)29(26-12-15-7-5-9-17(24)21(15)25)16(8-6-10-20(31)32)13-34-22(33)27-19-11-18(35-28-19)23(2,3)4/h5,7,9,11,16,26H,6,8,10,12-13H2,1-4H3,(H,31,32)(H,27,28,33)/t16-/m0/s1. The number of hydrazine groups is 1. The lowest BCUT2D eigenvalue weighted by atomic mass is 9.93. The van der Waals surface area contributed by atoms with E-state index in [0.717, 1.165) is 11.1 Å². The number of carboxylic acids is 1. The van der Waals surface area contributed by atoms with Gasteiger partial charge >= 0.3 is 12.1 Å². The van der Waals surface area contributed by atoms with E-state index in [9.17, 15) is 23.2 Å². The van der Waals surface area contributed by atoms with E-state index in [1.54, 1.807) is 6.07 Å². The minimum absolute atomic E-state index is 0.0140. The number of anilines is 1. The van der Waals surface area contributed by atoms with Gasteiger partial charge < -0.3 is 14.4 Å². The molecule has 0 saturated carbocycles. The van der Waals surface area contributed by atoms with E-state index in [4.69, 9.17) is 14.4 Å². The zero-order valence-corrected chi connectivity index (χ0v) is 20.1. The Bertz CT molecular complexity index is 1040. The number of carbonyl (C=O) groups is 3. The van der Waals surface area contributed by atoms with Crippen molar-refractivity contribution in [3.63, 3.8) is 0 Å². The number of hydrogen-bond acceptors (Lipinski definition) is 7. The zero-order valence-electron chi connectivity index (χ0n) is 20.1. The van der Waals surface area contributed by atoms with Gasteiger partial charge in [-0.2, -0.15) is 0 Å². The lowest BCUT2D eigenvalue weighted by Crippen LogP contribution is -2.50. The number of carboxylic acid groups (broad SMARTS) is 1. The first-order valence-corrected chi connectivity index (χ1v) is 11.0. The minimum atomic E-state index is -1.05. The second kappa shape index (κ2) is 12.2. The molecule has 192 valence electrons. The van der Waals surface area contributed by atoms with Gasteiger partial charge in [-0.1, -0.05) is 38.1 Å². The molecule has 0 spiro atoms. The Morgan fingerprint density at radius 3 is 2.57 bits per heavy atom. The van der Waals surface area contributed by atoms with Crippen LogP contribution >= 0.6 is 0 Å². The van der Waals surface area contributed by atoms with Gasteiger partial charge in [-0.3, -0.25) is 19.9 Å². The first kappa shape index (κ1) is 27.7. The fourth-order valence-corrected chi connectivity index (χ4v) is 3.13. The molecule has 1 atom stereocenters. The van der Waals surface area contributed by atoms with Gasteiger partial charge in [0.2, 0.25) is 5.91 Å². The molecule has 2 rings (SSSR count). The van der Waals surface area contributed by atoms with Crippen molar-refractivity contribution in [3.05, 3.63) is 47.2 Å². The number of ether oxygens (including phenoxy) is 1. The molecule has 12 heteroatoms. The summed E-state index contributed by atoms with van der Waals surface area (Å²) in [5.74, 6) is -2.89. The van der Waals surface area contributed by atoms with Gasteiger partial charge in [-0.15, -0.1) is 0 Å². The predicted octanol–water partition coefficient (Wildman–Crippen LogP) is 3.98. The molecular formula is C23H30F2N4O6. The van der Waals surface area contributed by atoms with Crippen LogP contribution in [0.2, 0.25) is 0 Å². The van der Waals surface area contributed by atoms with Crippen molar-refractivity contribution in [2.24, 2.45) is 0 Å². The second-order valence-electron chi connectivity index (χ2n) is 8.93. The molecule has 1 aromatic carbocycles. The van der Waals surface area contributed by atoms with Crippen LogP contribution in [0, 0.1) is 11.6 Å². The van der Waals surface area contributed by atoms with Crippen LogP contribution in [0.4, 0.5) is 19.4 Å². The Morgan fingerprint density at radius 2 is 1.97 bits per heavy atom. The second-order valence-corrected chi connectivity index (χ2v) is 8.93. The zero-order chi connectivity index (χ0) is 26.2. The molecule has 1 heterocycles. The quantitative estimate of drug-likeness (QED) is 0.398. The van der Waals surface area contributed by atoms with Gasteiger partial charge in [0.15, 0.2) is 17.5 Å². The SMILES string of the molecule is CC(=O)N(NCc1cccc(F)c1F)[C@@H](CCCC(=O)O)COC(=O)Nc1cc(C(C)(C)C)on1. The number of nitrogens with one attached hydrogen (secondary N) is 2. The maximum absolute atomic E-state index is 14.0. The Kier molecular flexibility index (Phi) is 9.69. The Morgan fingerprint density at radius 1 is 1.26 bits per heavy atom. The van der Waals surface area contributed by atoms with Crippen LogP contribution < -0.4 is 10.7 Å². The summed E-state index contributed by atoms with van der Waals surface area (Å²) in [7, 11) is 0. The van der Waals surface area contributed by atoms with Crippen LogP contribution in [0.3, 0.4) is 0 Å². The summed E-state index contributed by atoms with van der Waals surface area (Å²) in [5, 5.41) is 16.3. The van der Waals surface area contributed by atoms with Crippen LogP contribution in [-0.2, 0) is 26.3 Å². The normalized spacial score (nSPS) is 12.2. The van der Waals surface area contributed by atoms with Gasteiger partial charge in [0.25, 0.3) is 0 Å². The number of amides is 2. The lowest BCUT2D eigenvalue weighted by Gasteiger charge is -2.31. The van der Waals surface area contributed by atoms with E-state index in [0.29, 0.717) is 5.76 Å². The van der Waals surface area contributed by atoms with E-state index >= 15 is 0 Å². The van der Waals surface area contributed by atoms with Crippen LogP contribution in [0.15, 0.2) is 28.8 Å². The predicted molar refractivity (Wildman–Crippen MR) is 121 cm³/mol. The third kappa shape index (κ3) is 8.63. The van der Waals surface area contributed by atoms with E-state index < -0.39 is 35.6 Å². The lowest BCUT2D eigenvalue weighted by molar-refractivity contribution is -0.137. The summed E-state index contributed by atoms with van der Waals surface area (Å²) in [6.45, 7) is 6.46. The number of rotatable bonds is 11. The molecule has 2 aromatic rings. The van der Waals surface area contributed by atoms with Crippen LogP contribution in [-0.4, -0.2) is 45.9 Å². The molecule has 0 fully saturated rings. The monoisotopic (exact) mass is 496 g/mol. The molecule has 1 aromatic heterocycles. The minimum Gasteiger partial charge on any atom is -0.481 e. The van der Waals surface area contributed by atoms with Crippen molar-refractivity contribution in [1.29, 1.82) is 0 Å². The number of halogens is 2. The smallest absolute Gasteiger partial charge is 0.412 e. The average Bonchev–Trinajstić information content (AvgIpc) is 3.23. The van der Waals surface area contributed by atoms with Crippen molar-refractivity contribution >= 4 is 23.8 Å². The summed E-state index contributed by atoms with van der Waals surface area (Å²) in [6.07, 6.45) is -0.679. The largest absolute Gasteiger partial charge is 0.481 e. The first-order valence-electron chi connectivity index (χ1n) is 11.0. The summed E-state index contributed by atoms with van der Waals surface area (Å²) < 4.78 is 37.9. The van der Waals surface area contributed by atoms with Gasteiger partial charge in [-0.25, -0.2) is 19.0 Å². The Hall–Kier alpha value is -3.54. The molecule has 3 N–H and O–H groups in total. The molecule has 10 nitrogen and oxygen atoms in total. The summed E-state index contributed by atoms with van der Waals surface area (Å²) >= 11 is 0. The maximum atomic E-state index is 14.0. The number of carbonyl (C=O) groups excluding carboxylic acids is 2. The molecule has 0 aliphatic heterocycles. The van der Waals surface area contributed by atoms with Crippen molar-refractivity contribution in [2.45, 2.75) is 65.0 Å². The molecule has 0 aliphatic carbocycles. The van der Waals surface area contributed by atoms with E-state index in [-0.39, 0.29) is 49.2 Å². The molecular weight excluding hydrogens is 466 g/mol. The van der Waals surface area contributed by atoms with Crippen molar-refractivity contribution in [2.75, 3.05) is 11.9 Å². The molecule has 2 amide bonds. The number of nitrogens with zero attached hydrogens (tertiary/aromatic N) is 2. The Balaban J connectivity index is 2.06. The van der Waals surface area contributed by atoms with Gasteiger partial charge in [0, 0.05) is 36.9 Å². The third-order valence-electron chi connectivity index (χ3n) is 4.99. The Labute approximate surface area is 201 Å². The summed E-state index contributed by atoms with van der Waals surface area (Å²) in [6, 6.07) is 4.44. The fraction of sp³-hybridized carbons (Fsp3) is 0.478. The topological polar surface area (TPSA) is 134 Å². The number of benzene rings is 1. The van der Waals surface area contributed by atoms with E-state index in [1.807, 2.05) is 20.8 Å².